The summed E-state index contributed by atoms with van der Waals surface area (Å²) < 4.78 is 24.3. The summed E-state index contributed by atoms with van der Waals surface area (Å²) in [7, 11) is 0. The molecule has 0 fully saturated rings. The Bertz CT molecular complexity index is 223. The van der Waals surface area contributed by atoms with E-state index in [1.807, 2.05) is 0 Å². The first-order valence-corrected chi connectivity index (χ1v) is 2.47. The third-order valence-electron chi connectivity index (χ3n) is 0.984. The van der Waals surface area contributed by atoms with Crippen LogP contribution in [0.25, 0.3) is 0 Å². The zero-order valence-electron chi connectivity index (χ0n) is 5.40. The monoisotopic (exact) mass is 191 g/mol. The van der Waals surface area contributed by atoms with Crippen molar-refractivity contribution in [3.05, 3.63) is 42.3 Å². The summed E-state index contributed by atoms with van der Waals surface area (Å²) in [5.74, 6) is -1.68. The fraction of sp³-hybridized carbons (Fsp3) is 0. The Morgan fingerprint density at radius 1 is 1.10 bits per heavy atom. The van der Waals surface area contributed by atoms with Gasteiger partial charge in [-0.2, -0.15) is 18.6 Å². The maximum absolute atomic E-state index is 12.2. The van der Waals surface area contributed by atoms with E-state index in [4.69, 9.17) is 0 Å². The van der Waals surface area contributed by atoms with Crippen LogP contribution in [-0.2, 0) is 19.5 Å². The van der Waals surface area contributed by atoms with Gasteiger partial charge < -0.3 is 0 Å². The van der Waals surface area contributed by atoms with E-state index in [0.717, 1.165) is 12.1 Å². The second-order valence-electron chi connectivity index (χ2n) is 1.75. The van der Waals surface area contributed by atoms with Crippen LogP contribution in [0.2, 0.25) is 0 Å². The van der Waals surface area contributed by atoms with Crippen molar-refractivity contribution >= 4 is 0 Å². The Balaban J connectivity index is 0.000000810. The molecule has 0 spiro atoms. The number of hydrogen-bond acceptors (Lipinski definition) is 0. The van der Waals surface area contributed by atoms with E-state index in [9.17, 15) is 8.78 Å². The molecule has 1 rings (SSSR count). The minimum absolute atomic E-state index is 0. The van der Waals surface area contributed by atoms with Crippen LogP contribution in [0, 0.1) is 18.6 Å². The van der Waals surface area contributed by atoms with Crippen molar-refractivity contribution in [2.75, 3.05) is 0 Å². The van der Waals surface area contributed by atoms with E-state index < -0.39 is 11.6 Å². The summed E-state index contributed by atoms with van der Waals surface area (Å²) in [6.07, 6.45) is 0. The molecule has 0 N–H and O–H groups in total. The van der Waals surface area contributed by atoms with E-state index in [1.54, 1.807) is 0 Å². The third-order valence-corrected chi connectivity index (χ3v) is 0.984. The molecule has 0 nitrogen and oxygen atoms in total. The zero-order valence-corrected chi connectivity index (χ0v) is 8.37. The first-order valence-electron chi connectivity index (χ1n) is 2.47. The molecule has 0 radical (unpaired) electrons. The molecule has 0 saturated heterocycles. The van der Waals surface area contributed by atoms with Gasteiger partial charge in [-0.15, -0.1) is 6.07 Å². The van der Waals surface area contributed by atoms with Crippen molar-refractivity contribution in [1.82, 2.24) is 0 Å². The second kappa shape index (κ2) is 3.67. The van der Waals surface area contributed by atoms with Crippen LogP contribution in [-0.4, -0.2) is 0 Å². The Kier molecular flexibility index (Phi) is 3.51. The molecule has 0 aromatic heterocycles. The van der Waals surface area contributed by atoms with Crippen LogP contribution < -0.4 is 0 Å². The van der Waals surface area contributed by atoms with Gasteiger partial charge in [-0.3, -0.25) is 0 Å². The summed E-state index contributed by atoms with van der Waals surface area (Å²) in [5, 5.41) is 0. The topological polar surface area (TPSA) is 0 Å². The van der Waals surface area contributed by atoms with Gasteiger partial charge in [-0.25, -0.2) is 8.78 Å². The van der Waals surface area contributed by atoms with E-state index in [2.05, 4.69) is 6.92 Å². The number of benzene rings is 1. The molecule has 1 aromatic carbocycles. The first-order chi connectivity index (χ1) is 4.20. The molecular weight excluding hydrogens is 187 g/mol. The molecule has 0 unspecified atom stereocenters. The maximum Gasteiger partial charge on any atom is 0.134 e. The SMILES string of the molecule is [CH2-]c1ccc(F)c(F)c1.[Zn]. The molecule has 0 bridgehead atoms. The normalized spacial score (nSPS) is 8.60. The summed E-state index contributed by atoms with van der Waals surface area (Å²) in [6, 6.07) is 3.52. The number of halogens is 2. The van der Waals surface area contributed by atoms with Crippen molar-refractivity contribution in [1.29, 1.82) is 0 Å². The average molecular weight is 193 g/mol. The molecule has 0 aliphatic carbocycles. The Morgan fingerprint density at radius 3 is 2.10 bits per heavy atom. The van der Waals surface area contributed by atoms with Gasteiger partial charge in [-0.05, 0) is 0 Å². The molecule has 10 heavy (non-hydrogen) atoms. The van der Waals surface area contributed by atoms with Crippen molar-refractivity contribution < 1.29 is 28.3 Å². The minimum Gasteiger partial charge on any atom is -0.218 e. The molecule has 0 aliphatic heterocycles. The van der Waals surface area contributed by atoms with E-state index in [-0.39, 0.29) is 19.5 Å². The fourth-order valence-electron chi connectivity index (χ4n) is 0.540. The summed E-state index contributed by atoms with van der Waals surface area (Å²) in [6.45, 7) is 3.42. The van der Waals surface area contributed by atoms with Crippen molar-refractivity contribution in [2.24, 2.45) is 0 Å². The van der Waals surface area contributed by atoms with Gasteiger partial charge in [0.1, 0.15) is 11.6 Å². The predicted octanol–water partition coefficient (Wildman–Crippen LogP) is 2.14. The van der Waals surface area contributed by atoms with Gasteiger partial charge in [0.2, 0.25) is 0 Å². The largest absolute Gasteiger partial charge is 0.218 e. The van der Waals surface area contributed by atoms with E-state index in [1.165, 1.54) is 6.07 Å². The molecule has 0 amide bonds. The molecule has 3 heteroatoms. The second-order valence-corrected chi connectivity index (χ2v) is 1.75. The summed E-state index contributed by atoms with van der Waals surface area (Å²) in [4.78, 5) is 0. The molecule has 0 heterocycles. The fourth-order valence-corrected chi connectivity index (χ4v) is 0.540. The predicted molar refractivity (Wildman–Crippen MR) is 30.8 cm³/mol. The van der Waals surface area contributed by atoms with Crippen LogP contribution in [0.1, 0.15) is 5.56 Å². The van der Waals surface area contributed by atoms with Crippen molar-refractivity contribution in [2.45, 2.75) is 0 Å². The minimum atomic E-state index is -0.845. The first kappa shape index (κ1) is 9.57. The number of hydrogen-bond donors (Lipinski definition) is 0. The third kappa shape index (κ3) is 2.07. The molecule has 50 valence electrons. The van der Waals surface area contributed by atoms with Gasteiger partial charge in [0.15, 0.2) is 0 Å². The standard InChI is InChI=1S/C7H5F2.Zn/c1-5-2-3-6(8)7(9)4-5;/h2-4H,1H2;/q-1;. The van der Waals surface area contributed by atoms with Gasteiger partial charge in [0.05, 0.1) is 0 Å². The molecule has 0 aliphatic rings. The van der Waals surface area contributed by atoms with Crippen LogP contribution in [0.5, 0.6) is 0 Å². The van der Waals surface area contributed by atoms with Gasteiger partial charge in [0.25, 0.3) is 0 Å². The maximum atomic E-state index is 12.2. The van der Waals surface area contributed by atoms with Crippen LogP contribution in [0.4, 0.5) is 8.78 Å². The van der Waals surface area contributed by atoms with E-state index in [0.29, 0.717) is 5.56 Å². The van der Waals surface area contributed by atoms with Crippen LogP contribution in [0.3, 0.4) is 0 Å². The zero-order chi connectivity index (χ0) is 6.85. The summed E-state index contributed by atoms with van der Waals surface area (Å²) in [5.41, 5.74) is 0.480. The molecular formula is C7H5F2Zn-. The van der Waals surface area contributed by atoms with Gasteiger partial charge in [0, 0.05) is 19.5 Å². The van der Waals surface area contributed by atoms with Crippen molar-refractivity contribution in [3.63, 3.8) is 0 Å². The van der Waals surface area contributed by atoms with Gasteiger partial charge >= 0.3 is 0 Å². The molecule has 0 saturated carbocycles. The quantitative estimate of drug-likeness (QED) is 0.436. The van der Waals surface area contributed by atoms with E-state index >= 15 is 0 Å². The van der Waals surface area contributed by atoms with Gasteiger partial charge in [-0.1, -0.05) is 6.07 Å². The average Bonchev–Trinajstić information content (AvgIpc) is 1.80. The number of rotatable bonds is 0. The summed E-state index contributed by atoms with van der Waals surface area (Å²) >= 11 is 0. The Hall–Kier alpha value is -0.427. The van der Waals surface area contributed by atoms with Crippen LogP contribution in [0.15, 0.2) is 18.2 Å². The Labute approximate surface area is 71.0 Å². The molecule has 1 aromatic rings. The van der Waals surface area contributed by atoms with Crippen LogP contribution >= 0.6 is 0 Å². The van der Waals surface area contributed by atoms with Crippen molar-refractivity contribution in [3.8, 4) is 0 Å². The molecule has 0 atom stereocenters. The Morgan fingerprint density at radius 2 is 1.70 bits per heavy atom. The smallest absolute Gasteiger partial charge is 0.134 e.